The Labute approximate surface area is 128 Å². The van der Waals surface area contributed by atoms with Crippen LogP contribution in [0.1, 0.15) is 11.1 Å². The highest BCUT2D eigenvalue weighted by Gasteiger charge is 2.52. The molecule has 1 saturated heterocycles. The van der Waals surface area contributed by atoms with Crippen molar-refractivity contribution in [3.63, 3.8) is 0 Å². The van der Waals surface area contributed by atoms with E-state index in [2.05, 4.69) is 5.32 Å². The Morgan fingerprint density at radius 2 is 1.50 bits per heavy atom. The van der Waals surface area contributed by atoms with Gasteiger partial charge in [0.15, 0.2) is 6.23 Å². The molecule has 1 unspecified atom stereocenters. The van der Waals surface area contributed by atoms with Crippen molar-refractivity contribution in [1.82, 2.24) is 10.2 Å². The Morgan fingerprint density at radius 1 is 1.00 bits per heavy atom. The molecule has 0 bridgehead atoms. The molecule has 0 radical (unpaired) electrons. The van der Waals surface area contributed by atoms with Gasteiger partial charge in [0.1, 0.15) is 5.54 Å². The first kappa shape index (κ1) is 14.6. The van der Waals surface area contributed by atoms with E-state index in [-0.39, 0.29) is 13.2 Å². The van der Waals surface area contributed by atoms with Crippen molar-refractivity contribution < 1.29 is 15.0 Å². The van der Waals surface area contributed by atoms with Gasteiger partial charge in [-0.2, -0.15) is 0 Å². The van der Waals surface area contributed by atoms with E-state index in [1.165, 1.54) is 4.90 Å². The van der Waals surface area contributed by atoms with Crippen LogP contribution in [0.3, 0.4) is 0 Å². The first-order valence-corrected chi connectivity index (χ1v) is 7.19. The van der Waals surface area contributed by atoms with Gasteiger partial charge in [-0.15, -0.1) is 0 Å². The van der Waals surface area contributed by atoms with Crippen LogP contribution in [0.15, 0.2) is 60.7 Å². The van der Waals surface area contributed by atoms with E-state index in [9.17, 15) is 9.90 Å². The lowest BCUT2D eigenvalue weighted by Gasteiger charge is -2.34. The molecule has 1 aliphatic rings. The lowest BCUT2D eigenvalue weighted by Crippen LogP contribution is -2.48. The predicted molar refractivity (Wildman–Crippen MR) is 82.0 cm³/mol. The second kappa shape index (κ2) is 5.79. The molecule has 2 amide bonds. The summed E-state index contributed by atoms with van der Waals surface area (Å²) < 4.78 is 0. The number of β-amino-alcohol motifs (C(OH)–C–C–N with tert-alkyl or cyclic N) is 1. The molecule has 0 aromatic heterocycles. The number of benzene rings is 2. The molecule has 0 spiro atoms. The van der Waals surface area contributed by atoms with Gasteiger partial charge in [-0.05, 0) is 11.1 Å². The van der Waals surface area contributed by atoms with E-state index >= 15 is 0 Å². The number of nitrogens with one attached hydrogen (secondary N) is 1. The number of aliphatic hydroxyl groups is 2. The fraction of sp³-hybridized carbons (Fsp3) is 0.235. The Kier molecular flexibility index (Phi) is 3.83. The molecule has 1 heterocycles. The van der Waals surface area contributed by atoms with Crippen LogP contribution in [0.2, 0.25) is 0 Å². The Morgan fingerprint density at radius 3 is 1.95 bits per heavy atom. The number of rotatable bonds is 4. The molecular weight excluding hydrogens is 280 g/mol. The molecule has 2 aromatic carbocycles. The van der Waals surface area contributed by atoms with Crippen LogP contribution in [0.25, 0.3) is 0 Å². The Bertz CT molecular complexity index is 606. The van der Waals surface area contributed by atoms with Crippen LogP contribution >= 0.6 is 0 Å². The monoisotopic (exact) mass is 298 g/mol. The molecule has 1 atom stereocenters. The molecule has 3 rings (SSSR count). The maximum atomic E-state index is 12.3. The molecule has 1 aliphatic heterocycles. The third kappa shape index (κ3) is 2.15. The van der Waals surface area contributed by atoms with Crippen molar-refractivity contribution in [2.45, 2.75) is 11.8 Å². The lowest BCUT2D eigenvalue weighted by atomic mass is 9.82. The summed E-state index contributed by atoms with van der Waals surface area (Å²) in [4.78, 5) is 13.5. The molecule has 3 N–H and O–H groups in total. The van der Waals surface area contributed by atoms with Gasteiger partial charge < -0.3 is 15.5 Å². The number of hydrogen-bond donors (Lipinski definition) is 3. The molecule has 0 aliphatic carbocycles. The minimum absolute atomic E-state index is 0.0778. The minimum atomic E-state index is -1.10. The van der Waals surface area contributed by atoms with Crippen LogP contribution in [0.5, 0.6) is 0 Å². The van der Waals surface area contributed by atoms with Crippen molar-refractivity contribution in [3.8, 4) is 0 Å². The van der Waals surface area contributed by atoms with Gasteiger partial charge in [0.05, 0.1) is 6.61 Å². The largest absolute Gasteiger partial charge is 0.395 e. The van der Waals surface area contributed by atoms with Crippen LogP contribution in [-0.4, -0.2) is 40.5 Å². The fourth-order valence-electron chi connectivity index (χ4n) is 2.99. The molecule has 5 nitrogen and oxygen atoms in total. The summed E-state index contributed by atoms with van der Waals surface area (Å²) in [7, 11) is 0. The summed E-state index contributed by atoms with van der Waals surface area (Å²) in [5, 5.41) is 22.9. The summed E-state index contributed by atoms with van der Waals surface area (Å²) >= 11 is 0. The molecule has 2 aromatic rings. The third-order valence-electron chi connectivity index (χ3n) is 4.05. The van der Waals surface area contributed by atoms with Gasteiger partial charge in [0.25, 0.3) is 0 Å². The van der Waals surface area contributed by atoms with Crippen molar-refractivity contribution >= 4 is 6.03 Å². The standard InChI is InChI=1S/C17H18N2O3/c20-12-11-19-15(21)17(18-16(19)22,13-7-3-1-4-8-13)14-9-5-2-6-10-14/h1-10,15,20-21H,11-12H2,(H,18,22). The van der Waals surface area contributed by atoms with E-state index in [1.807, 2.05) is 60.7 Å². The zero-order valence-corrected chi connectivity index (χ0v) is 12.0. The van der Waals surface area contributed by atoms with Crippen molar-refractivity contribution in [1.29, 1.82) is 0 Å². The second-order valence-corrected chi connectivity index (χ2v) is 5.26. The highest BCUT2D eigenvalue weighted by Crippen LogP contribution is 2.38. The first-order valence-electron chi connectivity index (χ1n) is 7.19. The van der Waals surface area contributed by atoms with Crippen LogP contribution < -0.4 is 5.32 Å². The first-order chi connectivity index (χ1) is 10.7. The molecule has 5 heteroatoms. The van der Waals surface area contributed by atoms with Gasteiger partial charge in [0, 0.05) is 6.54 Å². The minimum Gasteiger partial charge on any atom is -0.395 e. The second-order valence-electron chi connectivity index (χ2n) is 5.26. The normalized spacial score (nSPS) is 20.0. The third-order valence-corrected chi connectivity index (χ3v) is 4.05. The number of urea groups is 1. The Balaban J connectivity index is 2.16. The lowest BCUT2D eigenvalue weighted by molar-refractivity contribution is 0.00764. The topological polar surface area (TPSA) is 72.8 Å². The number of carbonyl (C=O) groups is 1. The number of nitrogens with zero attached hydrogens (tertiary/aromatic N) is 1. The van der Waals surface area contributed by atoms with E-state index < -0.39 is 17.8 Å². The van der Waals surface area contributed by atoms with Crippen LogP contribution in [-0.2, 0) is 5.54 Å². The summed E-state index contributed by atoms with van der Waals surface area (Å²) in [6.45, 7) is -0.126. The SMILES string of the molecule is O=C1NC(c2ccccc2)(c2ccccc2)C(O)N1CCO. The van der Waals surface area contributed by atoms with Gasteiger partial charge in [-0.25, -0.2) is 4.79 Å². The van der Waals surface area contributed by atoms with Crippen molar-refractivity contribution in [2.75, 3.05) is 13.2 Å². The average molecular weight is 298 g/mol. The summed E-state index contributed by atoms with van der Waals surface area (Å²) in [5.41, 5.74) is 0.541. The van der Waals surface area contributed by atoms with E-state index in [1.54, 1.807) is 0 Å². The number of aliphatic hydroxyl groups excluding tert-OH is 2. The Hall–Kier alpha value is -2.37. The molecular formula is C17H18N2O3. The van der Waals surface area contributed by atoms with Crippen molar-refractivity contribution in [3.05, 3.63) is 71.8 Å². The smallest absolute Gasteiger partial charge is 0.320 e. The van der Waals surface area contributed by atoms with E-state index in [0.717, 1.165) is 11.1 Å². The van der Waals surface area contributed by atoms with E-state index in [0.29, 0.717) is 0 Å². The maximum Gasteiger partial charge on any atom is 0.320 e. The highest BCUT2D eigenvalue weighted by molar-refractivity contribution is 5.80. The number of amides is 2. The quantitative estimate of drug-likeness (QED) is 0.796. The maximum absolute atomic E-state index is 12.3. The van der Waals surface area contributed by atoms with Crippen molar-refractivity contribution in [2.24, 2.45) is 0 Å². The van der Waals surface area contributed by atoms with Crippen LogP contribution in [0, 0.1) is 0 Å². The molecule has 1 fully saturated rings. The van der Waals surface area contributed by atoms with Gasteiger partial charge in [-0.1, -0.05) is 60.7 Å². The van der Waals surface area contributed by atoms with Gasteiger partial charge >= 0.3 is 6.03 Å². The summed E-state index contributed by atoms with van der Waals surface area (Å²) in [6, 6.07) is 18.3. The van der Waals surface area contributed by atoms with E-state index in [4.69, 9.17) is 5.11 Å². The van der Waals surface area contributed by atoms with Gasteiger partial charge in [-0.3, -0.25) is 4.90 Å². The highest BCUT2D eigenvalue weighted by atomic mass is 16.3. The summed E-state index contributed by atoms with van der Waals surface area (Å²) in [6.07, 6.45) is -1.10. The van der Waals surface area contributed by atoms with Gasteiger partial charge in [0.2, 0.25) is 0 Å². The molecule has 0 saturated carbocycles. The zero-order chi connectivity index (χ0) is 15.6. The van der Waals surface area contributed by atoms with Crippen LogP contribution in [0.4, 0.5) is 4.79 Å². The average Bonchev–Trinajstić information content (AvgIpc) is 2.82. The number of hydrogen-bond acceptors (Lipinski definition) is 3. The number of carbonyl (C=O) groups excluding carboxylic acids is 1. The fourth-order valence-corrected chi connectivity index (χ4v) is 2.99. The molecule has 114 valence electrons. The predicted octanol–water partition coefficient (Wildman–Crippen LogP) is 1.27. The molecule has 22 heavy (non-hydrogen) atoms. The summed E-state index contributed by atoms with van der Waals surface area (Å²) in [5.74, 6) is 0. The zero-order valence-electron chi connectivity index (χ0n) is 12.0.